The Bertz CT molecular complexity index is 686. The molecule has 0 aliphatic heterocycles. The minimum atomic E-state index is 0.673. The van der Waals surface area contributed by atoms with Crippen molar-refractivity contribution in [2.45, 2.75) is 6.42 Å². The Kier molecular flexibility index (Phi) is 2.68. The fourth-order valence-corrected chi connectivity index (χ4v) is 2.18. The van der Waals surface area contributed by atoms with E-state index in [0.717, 1.165) is 29.0 Å². The molecule has 0 aliphatic carbocycles. The van der Waals surface area contributed by atoms with Crippen LogP contribution in [0.15, 0.2) is 42.5 Å². The zero-order valence-electron chi connectivity index (χ0n) is 9.65. The predicted molar refractivity (Wildman–Crippen MR) is 74.8 cm³/mol. The van der Waals surface area contributed by atoms with Crippen LogP contribution < -0.4 is 5.73 Å². The first-order chi connectivity index (χ1) is 8.72. The number of nitrogens with two attached hydrogens (primary N) is 1. The summed E-state index contributed by atoms with van der Waals surface area (Å²) in [5.41, 5.74) is 9.39. The Labute approximate surface area is 110 Å². The summed E-state index contributed by atoms with van der Waals surface area (Å²) in [5.74, 6) is 0.905. The summed E-state index contributed by atoms with van der Waals surface area (Å²) in [6.07, 6.45) is 0.741. The molecule has 0 atom stereocenters. The number of aromatic nitrogens is 2. The molecule has 0 bridgehead atoms. The number of imidazole rings is 1. The van der Waals surface area contributed by atoms with Crippen molar-refractivity contribution in [3.63, 3.8) is 0 Å². The van der Waals surface area contributed by atoms with Crippen molar-refractivity contribution in [2.24, 2.45) is 0 Å². The number of aromatic amines is 1. The molecule has 1 heterocycles. The van der Waals surface area contributed by atoms with Crippen LogP contribution in [0.1, 0.15) is 11.4 Å². The molecule has 3 nitrogen and oxygen atoms in total. The molecule has 3 rings (SSSR count). The molecule has 0 fully saturated rings. The Morgan fingerprint density at radius 2 is 1.89 bits per heavy atom. The summed E-state index contributed by atoms with van der Waals surface area (Å²) < 4.78 is 0. The van der Waals surface area contributed by atoms with E-state index in [2.05, 4.69) is 9.97 Å². The molecule has 0 saturated heterocycles. The number of hydrogen-bond donors (Lipinski definition) is 2. The predicted octanol–water partition coefficient (Wildman–Crippen LogP) is 3.39. The lowest BCUT2D eigenvalue weighted by Crippen LogP contribution is -1.91. The van der Waals surface area contributed by atoms with E-state index in [1.54, 1.807) is 0 Å². The quantitative estimate of drug-likeness (QED) is 0.692. The maximum atomic E-state index is 6.10. The Morgan fingerprint density at radius 1 is 1.11 bits per heavy atom. The maximum absolute atomic E-state index is 6.10. The SMILES string of the molecule is Nc1ccc(Cc2nc3c(Cl)cccc3[nH]2)cc1. The molecule has 0 saturated carbocycles. The lowest BCUT2D eigenvalue weighted by molar-refractivity contribution is 1.04. The van der Waals surface area contributed by atoms with Crippen LogP contribution in [0.4, 0.5) is 5.69 Å². The van der Waals surface area contributed by atoms with Crippen LogP contribution in [0.25, 0.3) is 11.0 Å². The average Bonchev–Trinajstić information content (AvgIpc) is 2.76. The molecular formula is C14H12ClN3. The number of hydrogen-bond acceptors (Lipinski definition) is 2. The zero-order chi connectivity index (χ0) is 12.5. The number of nitrogens with zero attached hydrogens (tertiary/aromatic N) is 1. The number of nitrogen functional groups attached to an aromatic ring is 1. The molecule has 0 radical (unpaired) electrons. The number of benzene rings is 2. The number of anilines is 1. The highest BCUT2D eigenvalue weighted by molar-refractivity contribution is 6.34. The van der Waals surface area contributed by atoms with Gasteiger partial charge in [0.2, 0.25) is 0 Å². The van der Waals surface area contributed by atoms with E-state index in [4.69, 9.17) is 17.3 Å². The topological polar surface area (TPSA) is 54.7 Å². The lowest BCUT2D eigenvalue weighted by Gasteiger charge is -1.98. The van der Waals surface area contributed by atoms with Gasteiger partial charge in [0, 0.05) is 12.1 Å². The second-order valence-electron chi connectivity index (χ2n) is 4.24. The van der Waals surface area contributed by atoms with Gasteiger partial charge in [0.25, 0.3) is 0 Å². The van der Waals surface area contributed by atoms with Crippen molar-refractivity contribution in [1.29, 1.82) is 0 Å². The van der Waals surface area contributed by atoms with Crippen molar-refractivity contribution in [1.82, 2.24) is 9.97 Å². The van der Waals surface area contributed by atoms with Crippen LogP contribution in [-0.4, -0.2) is 9.97 Å². The van der Waals surface area contributed by atoms with Gasteiger partial charge >= 0.3 is 0 Å². The number of nitrogens with one attached hydrogen (secondary N) is 1. The molecule has 3 aromatic rings. The van der Waals surface area contributed by atoms with E-state index in [0.29, 0.717) is 5.02 Å². The average molecular weight is 258 g/mol. The van der Waals surface area contributed by atoms with Crippen molar-refractivity contribution < 1.29 is 0 Å². The molecule has 2 aromatic carbocycles. The molecule has 90 valence electrons. The van der Waals surface area contributed by atoms with Gasteiger partial charge in [-0.3, -0.25) is 0 Å². The fraction of sp³-hybridized carbons (Fsp3) is 0.0714. The van der Waals surface area contributed by atoms with Gasteiger partial charge in [-0.1, -0.05) is 29.8 Å². The van der Waals surface area contributed by atoms with Gasteiger partial charge in [-0.15, -0.1) is 0 Å². The third-order valence-corrected chi connectivity index (χ3v) is 3.17. The van der Waals surface area contributed by atoms with E-state index in [1.807, 2.05) is 42.5 Å². The Hall–Kier alpha value is -2.00. The van der Waals surface area contributed by atoms with E-state index in [1.165, 1.54) is 5.56 Å². The fourth-order valence-electron chi connectivity index (χ4n) is 1.96. The minimum absolute atomic E-state index is 0.673. The van der Waals surface area contributed by atoms with Gasteiger partial charge in [-0.05, 0) is 29.8 Å². The van der Waals surface area contributed by atoms with Gasteiger partial charge in [0.05, 0.1) is 10.5 Å². The van der Waals surface area contributed by atoms with Crippen molar-refractivity contribution in [2.75, 3.05) is 5.73 Å². The maximum Gasteiger partial charge on any atom is 0.111 e. The molecule has 0 unspecified atom stereocenters. The minimum Gasteiger partial charge on any atom is -0.399 e. The molecule has 1 aromatic heterocycles. The molecule has 3 N–H and O–H groups in total. The van der Waals surface area contributed by atoms with Crippen LogP contribution in [0.3, 0.4) is 0 Å². The third-order valence-electron chi connectivity index (χ3n) is 2.86. The van der Waals surface area contributed by atoms with E-state index in [9.17, 15) is 0 Å². The van der Waals surface area contributed by atoms with Gasteiger partial charge < -0.3 is 10.7 Å². The second kappa shape index (κ2) is 4.35. The first kappa shape index (κ1) is 11.1. The Morgan fingerprint density at radius 3 is 2.61 bits per heavy atom. The van der Waals surface area contributed by atoms with Crippen molar-refractivity contribution in [3.05, 3.63) is 58.9 Å². The first-order valence-electron chi connectivity index (χ1n) is 5.70. The van der Waals surface area contributed by atoms with Crippen molar-refractivity contribution >= 4 is 28.3 Å². The number of halogens is 1. The number of fused-ring (bicyclic) bond motifs is 1. The normalized spacial score (nSPS) is 10.9. The summed E-state index contributed by atoms with van der Waals surface area (Å²) in [6.45, 7) is 0. The third kappa shape index (κ3) is 2.05. The molecular weight excluding hydrogens is 246 g/mol. The summed E-state index contributed by atoms with van der Waals surface area (Å²) in [5, 5.41) is 0.673. The first-order valence-corrected chi connectivity index (χ1v) is 6.08. The van der Waals surface area contributed by atoms with E-state index >= 15 is 0 Å². The largest absolute Gasteiger partial charge is 0.399 e. The Balaban J connectivity index is 1.95. The van der Waals surface area contributed by atoms with Gasteiger partial charge in [0.15, 0.2) is 0 Å². The zero-order valence-corrected chi connectivity index (χ0v) is 10.4. The molecule has 18 heavy (non-hydrogen) atoms. The summed E-state index contributed by atoms with van der Waals surface area (Å²) in [7, 11) is 0. The van der Waals surface area contributed by atoms with E-state index < -0.39 is 0 Å². The summed E-state index contributed by atoms with van der Waals surface area (Å²) in [4.78, 5) is 7.78. The summed E-state index contributed by atoms with van der Waals surface area (Å²) in [6, 6.07) is 13.5. The number of H-pyrrole nitrogens is 1. The number of para-hydroxylation sites is 1. The number of rotatable bonds is 2. The van der Waals surface area contributed by atoms with Gasteiger partial charge in [-0.25, -0.2) is 4.98 Å². The molecule has 0 aliphatic rings. The standard InChI is InChI=1S/C14H12ClN3/c15-11-2-1-3-12-14(11)18-13(17-12)8-9-4-6-10(16)7-5-9/h1-7H,8,16H2,(H,17,18). The second-order valence-corrected chi connectivity index (χ2v) is 4.65. The van der Waals surface area contributed by atoms with Gasteiger partial charge in [0.1, 0.15) is 11.3 Å². The highest BCUT2D eigenvalue weighted by Crippen LogP contribution is 2.21. The molecule has 4 heteroatoms. The lowest BCUT2D eigenvalue weighted by atomic mass is 10.1. The van der Waals surface area contributed by atoms with Gasteiger partial charge in [-0.2, -0.15) is 0 Å². The van der Waals surface area contributed by atoms with Crippen molar-refractivity contribution in [3.8, 4) is 0 Å². The summed E-state index contributed by atoms with van der Waals surface area (Å²) >= 11 is 6.10. The highest BCUT2D eigenvalue weighted by atomic mass is 35.5. The van der Waals surface area contributed by atoms with Crippen LogP contribution in [0, 0.1) is 0 Å². The van der Waals surface area contributed by atoms with Crippen LogP contribution in [0.5, 0.6) is 0 Å². The molecule has 0 amide bonds. The highest BCUT2D eigenvalue weighted by Gasteiger charge is 2.06. The smallest absolute Gasteiger partial charge is 0.111 e. The van der Waals surface area contributed by atoms with E-state index in [-0.39, 0.29) is 0 Å². The van der Waals surface area contributed by atoms with Crippen LogP contribution >= 0.6 is 11.6 Å². The monoisotopic (exact) mass is 257 g/mol. The van der Waals surface area contributed by atoms with Crippen LogP contribution in [0.2, 0.25) is 5.02 Å². The molecule has 0 spiro atoms. The van der Waals surface area contributed by atoms with Crippen LogP contribution in [-0.2, 0) is 6.42 Å².